The van der Waals surface area contributed by atoms with Gasteiger partial charge >= 0.3 is 5.97 Å². The summed E-state index contributed by atoms with van der Waals surface area (Å²) >= 11 is 0. The summed E-state index contributed by atoms with van der Waals surface area (Å²) in [7, 11) is 3.34. The van der Waals surface area contributed by atoms with Crippen molar-refractivity contribution in [2.75, 3.05) is 33.9 Å². The highest BCUT2D eigenvalue weighted by Crippen LogP contribution is 1.80. The van der Waals surface area contributed by atoms with E-state index in [-0.39, 0.29) is 6.54 Å². The van der Waals surface area contributed by atoms with Crippen LogP contribution in [-0.4, -0.2) is 49.8 Å². The first-order valence-electron chi connectivity index (χ1n) is 3.06. The maximum Gasteiger partial charge on any atom is 0.317 e. The molecule has 0 radical (unpaired) electrons. The summed E-state index contributed by atoms with van der Waals surface area (Å²) in [5, 5.41) is 8.30. The zero-order chi connectivity index (χ0) is 7.98. The Bertz CT molecular complexity index is 105. The third-order valence-electron chi connectivity index (χ3n) is 1.08. The maximum atomic E-state index is 10.1. The molecule has 0 heterocycles. The Hall–Kier alpha value is -0.610. The predicted molar refractivity (Wildman–Crippen MR) is 37.0 cm³/mol. The molecule has 0 saturated heterocycles. The van der Waals surface area contributed by atoms with Crippen molar-refractivity contribution < 1.29 is 14.6 Å². The van der Waals surface area contributed by atoms with Gasteiger partial charge in [-0.15, -0.1) is 0 Å². The number of hydrogen-bond acceptors (Lipinski definition) is 3. The van der Waals surface area contributed by atoms with Gasteiger partial charge in [-0.05, 0) is 7.05 Å². The van der Waals surface area contributed by atoms with E-state index in [9.17, 15) is 4.79 Å². The normalized spacial score (nSPS) is 10.3. The lowest BCUT2D eigenvalue weighted by molar-refractivity contribution is -0.138. The van der Waals surface area contributed by atoms with Crippen molar-refractivity contribution in [1.82, 2.24) is 4.90 Å². The molecule has 0 aliphatic heterocycles. The highest BCUT2D eigenvalue weighted by molar-refractivity contribution is 5.68. The van der Waals surface area contributed by atoms with Crippen molar-refractivity contribution in [1.29, 1.82) is 0 Å². The van der Waals surface area contributed by atoms with E-state index in [1.54, 1.807) is 19.1 Å². The van der Waals surface area contributed by atoms with Crippen LogP contribution in [0.15, 0.2) is 0 Å². The highest BCUT2D eigenvalue weighted by atomic mass is 16.5. The molecule has 0 aromatic heterocycles. The van der Waals surface area contributed by atoms with Gasteiger partial charge in [0, 0.05) is 13.7 Å². The number of aliphatic carboxylic acids is 1. The third-order valence-corrected chi connectivity index (χ3v) is 1.08. The Morgan fingerprint density at radius 1 is 1.70 bits per heavy atom. The Morgan fingerprint density at radius 2 is 2.30 bits per heavy atom. The first-order chi connectivity index (χ1) is 4.66. The van der Waals surface area contributed by atoms with Gasteiger partial charge in [-0.2, -0.15) is 0 Å². The molecule has 0 unspecified atom stereocenters. The summed E-state index contributed by atoms with van der Waals surface area (Å²) in [6, 6.07) is 0. The molecular weight excluding hydrogens is 134 g/mol. The SMILES string of the molecule is COCCN(C)CC(=O)O. The van der Waals surface area contributed by atoms with Crippen LogP contribution in [0, 0.1) is 0 Å². The fraction of sp³-hybridized carbons (Fsp3) is 0.833. The second-order valence-electron chi connectivity index (χ2n) is 2.12. The van der Waals surface area contributed by atoms with Crippen LogP contribution in [0.4, 0.5) is 0 Å². The minimum Gasteiger partial charge on any atom is -0.480 e. The Labute approximate surface area is 60.4 Å². The van der Waals surface area contributed by atoms with Crippen LogP contribution >= 0.6 is 0 Å². The lowest BCUT2D eigenvalue weighted by Gasteiger charge is -2.11. The molecule has 1 N–H and O–H groups in total. The quantitative estimate of drug-likeness (QED) is 0.577. The molecular formula is C6H13NO3. The number of carbonyl (C=O) groups is 1. The molecule has 10 heavy (non-hydrogen) atoms. The maximum absolute atomic E-state index is 10.1. The molecule has 0 atom stereocenters. The number of nitrogens with zero attached hydrogens (tertiary/aromatic N) is 1. The number of carboxylic acid groups (broad SMARTS) is 1. The molecule has 0 aliphatic carbocycles. The van der Waals surface area contributed by atoms with Crippen LogP contribution in [-0.2, 0) is 9.53 Å². The van der Waals surface area contributed by atoms with Crippen molar-refractivity contribution in [3.63, 3.8) is 0 Å². The number of likely N-dealkylation sites (N-methyl/N-ethyl adjacent to an activating group) is 1. The topological polar surface area (TPSA) is 49.8 Å². The third kappa shape index (κ3) is 5.53. The zero-order valence-corrected chi connectivity index (χ0v) is 6.33. The lowest BCUT2D eigenvalue weighted by Crippen LogP contribution is -2.28. The van der Waals surface area contributed by atoms with Crippen molar-refractivity contribution in [3.05, 3.63) is 0 Å². The summed E-state index contributed by atoms with van der Waals surface area (Å²) < 4.78 is 4.76. The van der Waals surface area contributed by atoms with Gasteiger partial charge in [0.1, 0.15) is 0 Å². The molecule has 0 fully saturated rings. The van der Waals surface area contributed by atoms with Gasteiger partial charge in [0.05, 0.1) is 13.2 Å². The molecule has 0 aliphatic rings. The second-order valence-corrected chi connectivity index (χ2v) is 2.12. The number of carboxylic acids is 1. The van der Waals surface area contributed by atoms with Crippen molar-refractivity contribution in [3.8, 4) is 0 Å². The minimum absolute atomic E-state index is 0.0728. The van der Waals surface area contributed by atoms with Crippen LogP contribution in [0.3, 0.4) is 0 Å². The highest BCUT2D eigenvalue weighted by Gasteiger charge is 2.01. The van der Waals surface area contributed by atoms with Gasteiger partial charge < -0.3 is 9.84 Å². The molecule has 0 rings (SSSR count). The predicted octanol–water partition coefficient (Wildman–Crippen LogP) is -0.351. The number of hydrogen-bond donors (Lipinski definition) is 1. The van der Waals surface area contributed by atoms with E-state index in [0.717, 1.165) is 0 Å². The van der Waals surface area contributed by atoms with Crippen LogP contribution < -0.4 is 0 Å². The van der Waals surface area contributed by atoms with E-state index in [4.69, 9.17) is 9.84 Å². The molecule has 4 heteroatoms. The minimum atomic E-state index is -0.807. The van der Waals surface area contributed by atoms with Crippen molar-refractivity contribution >= 4 is 5.97 Å². The first kappa shape index (κ1) is 9.39. The molecule has 0 spiro atoms. The number of ether oxygens (including phenoxy) is 1. The Kier molecular flexibility index (Phi) is 4.88. The van der Waals surface area contributed by atoms with Crippen LogP contribution in [0.2, 0.25) is 0 Å². The molecule has 4 nitrogen and oxygen atoms in total. The number of methoxy groups -OCH3 is 1. The van der Waals surface area contributed by atoms with Crippen molar-refractivity contribution in [2.45, 2.75) is 0 Å². The summed E-state index contributed by atoms with van der Waals surface area (Å²) in [5.74, 6) is -0.807. The second kappa shape index (κ2) is 5.20. The average Bonchev–Trinajstić information content (AvgIpc) is 1.82. The van der Waals surface area contributed by atoms with Gasteiger partial charge in [0.15, 0.2) is 0 Å². The van der Waals surface area contributed by atoms with E-state index >= 15 is 0 Å². The Morgan fingerprint density at radius 3 is 2.70 bits per heavy atom. The smallest absolute Gasteiger partial charge is 0.317 e. The van der Waals surface area contributed by atoms with E-state index in [1.165, 1.54) is 0 Å². The summed E-state index contributed by atoms with van der Waals surface area (Å²) in [4.78, 5) is 11.8. The van der Waals surface area contributed by atoms with Crippen LogP contribution in [0.1, 0.15) is 0 Å². The van der Waals surface area contributed by atoms with E-state index in [0.29, 0.717) is 13.2 Å². The molecule has 0 amide bonds. The summed E-state index contributed by atoms with van der Waals surface area (Å²) in [6.45, 7) is 1.30. The zero-order valence-electron chi connectivity index (χ0n) is 6.33. The lowest BCUT2D eigenvalue weighted by atomic mass is 10.5. The monoisotopic (exact) mass is 147 g/mol. The van der Waals surface area contributed by atoms with Crippen molar-refractivity contribution in [2.24, 2.45) is 0 Å². The summed E-state index contributed by atoms with van der Waals surface area (Å²) in [5.41, 5.74) is 0. The molecule has 0 bridgehead atoms. The van der Waals surface area contributed by atoms with Gasteiger partial charge in [-0.3, -0.25) is 9.69 Å². The van der Waals surface area contributed by atoms with Gasteiger partial charge in [-0.1, -0.05) is 0 Å². The molecule has 0 aromatic rings. The molecule has 60 valence electrons. The van der Waals surface area contributed by atoms with E-state index < -0.39 is 5.97 Å². The first-order valence-corrected chi connectivity index (χ1v) is 3.06. The molecule has 0 saturated carbocycles. The Balaban J connectivity index is 3.25. The largest absolute Gasteiger partial charge is 0.480 e. The fourth-order valence-corrected chi connectivity index (χ4v) is 0.557. The summed E-state index contributed by atoms with van der Waals surface area (Å²) in [6.07, 6.45) is 0. The van der Waals surface area contributed by atoms with E-state index in [1.807, 2.05) is 0 Å². The van der Waals surface area contributed by atoms with Crippen LogP contribution in [0.25, 0.3) is 0 Å². The van der Waals surface area contributed by atoms with Gasteiger partial charge in [0.2, 0.25) is 0 Å². The van der Waals surface area contributed by atoms with Crippen LogP contribution in [0.5, 0.6) is 0 Å². The number of rotatable bonds is 5. The fourth-order valence-electron chi connectivity index (χ4n) is 0.557. The standard InChI is InChI=1S/C6H13NO3/c1-7(3-4-10-2)5-6(8)9/h3-5H2,1-2H3,(H,8,9). The van der Waals surface area contributed by atoms with Gasteiger partial charge in [-0.25, -0.2) is 0 Å². The average molecular weight is 147 g/mol. The van der Waals surface area contributed by atoms with E-state index in [2.05, 4.69) is 0 Å². The van der Waals surface area contributed by atoms with Gasteiger partial charge in [0.25, 0.3) is 0 Å². The molecule has 0 aromatic carbocycles.